The third-order valence-corrected chi connectivity index (χ3v) is 2.80. The van der Waals surface area contributed by atoms with Crippen molar-refractivity contribution in [3.05, 3.63) is 69.3 Å². The van der Waals surface area contributed by atoms with Gasteiger partial charge in [0, 0.05) is 18.7 Å². The van der Waals surface area contributed by atoms with Gasteiger partial charge in [-0.15, -0.1) is 0 Å². The molecule has 106 valence electrons. The first-order chi connectivity index (χ1) is 10.0. The van der Waals surface area contributed by atoms with E-state index < -0.39 is 22.2 Å². The van der Waals surface area contributed by atoms with E-state index >= 15 is 0 Å². The van der Waals surface area contributed by atoms with Crippen molar-refractivity contribution in [2.75, 3.05) is 5.32 Å². The minimum Gasteiger partial charge on any atom is -0.378 e. The Morgan fingerprint density at radius 2 is 1.86 bits per heavy atom. The summed E-state index contributed by atoms with van der Waals surface area (Å²) in [6, 6.07) is 9.78. The molecule has 0 amide bonds. The van der Waals surface area contributed by atoms with Crippen LogP contribution in [-0.4, -0.2) is 4.92 Å². The number of benzene rings is 2. The Kier molecular flexibility index (Phi) is 4.09. The number of halogens is 2. The molecule has 0 aromatic heterocycles. The number of nitriles is 1. The highest BCUT2D eigenvalue weighted by atomic mass is 19.1. The van der Waals surface area contributed by atoms with E-state index in [4.69, 9.17) is 5.26 Å². The maximum absolute atomic E-state index is 13.5. The minimum atomic E-state index is -1.22. The van der Waals surface area contributed by atoms with Crippen LogP contribution >= 0.6 is 0 Å². The summed E-state index contributed by atoms with van der Waals surface area (Å²) >= 11 is 0. The lowest BCUT2D eigenvalue weighted by Crippen LogP contribution is -2.03. The third kappa shape index (κ3) is 3.30. The zero-order valence-electron chi connectivity index (χ0n) is 10.6. The van der Waals surface area contributed by atoms with Gasteiger partial charge in [0.1, 0.15) is 5.82 Å². The molecule has 0 aliphatic carbocycles. The Morgan fingerprint density at radius 1 is 1.19 bits per heavy atom. The molecule has 0 spiro atoms. The van der Waals surface area contributed by atoms with Crippen LogP contribution < -0.4 is 5.32 Å². The largest absolute Gasteiger partial charge is 0.378 e. The fourth-order valence-corrected chi connectivity index (χ4v) is 1.71. The molecule has 2 aromatic carbocycles. The highest BCUT2D eigenvalue weighted by molar-refractivity contribution is 5.53. The van der Waals surface area contributed by atoms with E-state index in [9.17, 15) is 18.9 Å². The first-order valence-electron chi connectivity index (χ1n) is 5.87. The molecule has 21 heavy (non-hydrogen) atoms. The molecule has 5 nitrogen and oxygen atoms in total. The van der Waals surface area contributed by atoms with Gasteiger partial charge in [0.2, 0.25) is 5.82 Å². The standard InChI is InChI=1S/C14H9F2N3O2/c15-11-5-12(16)14(19(20)21)6-13(11)18-8-10-3-1-9(7-17)2-4-10/h1-6,18H,8H2. The van der Waals surface area contributed by atoms with E-state index in [1.165, 1.54) is 0 Å². The predicted octanol–water partition coefficient (Wildman–Crippen LogP) is 3.36. The Labute approximate surface area is 118 Å². The summed E-state index contributed by atoms with van der Waals surface area (Å²) in [5.74, 6) is -2.13. The second kappa shape index (κ2) is 5.96. The number of anilines is 1. The quantitative estimate of drug-likeness (QED) is 0.691. The fraction of sp³-hybridized carbons (Fsp3) is 0.0714. The average Bonchev–Trinajstić information content (AvgIpc) is 2.46. The molecule has 0 atom stereocenters. The maximum Gasteiger partial charge on any atom is 0.307 e. The van der Waals surface area contributed by atoms with Crippen LogP contribution in [0.4, 0.5) is 20.2 Å². The van der Waals surface area contributed by atoms with Gasteiger partial charge in [0.25, 0.3) is 0 Å². The van der Waals surface area contributed by atoms with Crippen molar-refractivity contribution in [2.24, 2.45) is 0 Å². The van der Waals surface area contributed by atoms with Crippen molar-refractivity contribution in [3.8, 4) is 6.07 Å². The lowest BCUT2D eigenvalue weighted by Gasteiger charge is -2.08. The molecule has 0 aliphatic rings. The van der Waals surface area contributed by atoms with Crippen molar-refractivity contribution in [1.82, 2.24) is 0 Å². The van der Waals surface area contributed by atoms with Gasteiger partial charge in [-0.2, -0.15) is 9.65 Å². The average molecular weight is 289 g/mol. The van der Waals surface area contributed by atoms with Gasteiger partial charge in [-0.3, -0.25) is 10.1 Å². The van der Waals surface area contributed by atoms with Gasteiger partial charge in [0.05, 0.1) is 22.2 Å². The van der Waals surface area contributed by atoms with Gasteiger partial charge in [-0.25, -0.2) is 4.39 Å². The molecule has 0 saturated carbocycles. The van der Waals surface area contributed by atoms with E-state index in [1.54, 1.807) is 24.3 Å². The molecular weight excluding hydrogens is 280 g/mol. The molecule has 2 rings (SSSR count). The summed E-state index contributed by atoms with van der Waals surface area (Å²) in [7, 11) is 0. The number of hydrogen-bond acceptors (Lipinski definition) is 4. The van der Waals surface area contributed by atoms with Crippen molar-refractivity contribution >= 4 is 11.4 Å². The molecule has 0 aliphatic heterocycles. The number of rotatable bonds is 4. The summed E-state index contributed by atoms with van der Waals surface area (Å²) in [5.41, 5.74) is 0.286. The molecule has 0 radical (unpaired) electrons. The second-order valence-corrected chi connectivity index (χ2v) is 4.20. The number of nitro benzene ring substituents is 1. The number of nitro groups is 1. The summed E-state index contributed by atoms with van der Waals surface area (Å²) in [6.07, 6.45) is 0. The molecular formula is C14H9F2N3O2. The lowest BCUT2D eigenvalue weighted by atomic mass is 10.1. The third-order valence-electron chi connectivity index (χ3n) is 2.80. The highest BCUT2D eigenvalue weighted by Crippen LogP contribution is 2.25. The number of nitrogens with one attached hydrogen (secondary N) is 1. The van der Waals surface area contributed by atoms with Gasteiger partial charge in [0.15, 0.2) is 0 Å². The molecule has 2 aromatic rings. The fourth-order valence-electron chi connectivity index (χ4n) is 1.71. The monoisotopic (exact) mass is 289 g/mol. The Bertz CT molecular complexity index is 724. The highest BCUT2D eigenvalue weighted by Gasteiger charge is 2.18. The van der Waals surface area contributed by atoms with Crippen LogP contribution in [0.15, 0.2) is 36.4 Å². The Balaban J connectivity index is 2.17. The lowest BCUT2D eigenvalue weighted by molar-refractivity contribution is -0.387. The van der Waals surface area contributed by atoms with E-state index in [0.29, 0.717) is 11.6 Å². The molecule has 1 N–H and O–H groups in total. The number of hydrogen-bond donors (Lipinski definition) is 1. The van der Waals surface area contributed by atoms with E-state index in [-0.39, 0.29) is 12.2 Å². The van der Waals surface area contributed by atoms with Crippen molar-refractivity contribution in [1.29, 1.82) is 5.26 Å². The molecule has 0 bridgehead atoms. The maximum atomic E-state index is 13.5. The van der Waals surface area contributed by atoms with Crippen LogP contribution in [0.5, 0.6) is 0 Å². The number of nitrogens with zero attached hydrogens (tertiary/aromatic N) is 2. The Hall–Kier alpha value is -3.01. The van der Waals surface area contributed by atoms with Gasteiger partial charge in [-0.05, 0) is 17.7 Å². The summed E-state index contributed by atoms with van der Waals surface area (Å²) in [5, 5.41) is 21.9. The van der Waals surface area contributed by atoms with Crippen molar-refractivity contribution in [2.45, 2.75) is 6.54 Å². The van der Waals surface area contributed by atoms with E-state index in [0.717, 1.165) is 11.6 Å². The summed E-state index contributed by atoms with van der Waals surface area (Å²) in [4.78, 5) is 9.70. The Morgan fingerprint density at radius 3 is 2.43 bits per heavy atom. The van der Waals surface area contributed by atoms with E-state index in [2.05, 4.69) is 5.32 Å². The van der Waals surface area contributed by atoms with Crippen LogP contribution in [0, 0.1) is 33.1 Å². The van der Waals surface area contributed by atoms with Crippen LogP contribution in [-0.2, 0) is 6.54 Å². The van der Waals surface area contributed by atoms with E-state index in [1.807, 2.05) is 6.07 Å². The minimum absolute atomic E-state index is 0.160. The zero-order chi connectivity index (χ0) is 15.4. The van der Waals surface area contributed by atoms with Gasteiger partial charge < -0.3 is 5.32 Å². The zero-order valence-corrected chi connectivity index (χ0v) is 10.6. The van der Waals surface area contributed by atoms with Gasteiger partial charge in [-0.1, -0.05) is 12.1 Å². The van der Waals surface area contributed by atoms with Crippen LogP contribution in [0.1, 0.15) is 11.1 Å². The topological polar surface area (TPSA) is 79.0 Å². The normalized spacial score (nSPS) is 9.95. The first kappa shape index (κ1) is 14.4. The van der Waals surface area contributed by atoms with Crippen molar-refractivity contribution in [3.63, 3.8) is 0 Å². The molecule has 7 heteroatoms. The molecule has 0 unspecified atom stereocenters. The summed E-state index contributed by atoms with van der Waals surface area (Å²) < 4.78 is 26.7. The smallest absolute Gasteiger partial charge is 0.307 e. The van der Waals surface area contributed by atoms with Crippen molar-refractivity contribution < 1.29 is 13.7 Å². The van der Waals surface area contributed by atoms with Crippen LogP contribution in [0.3, 0.4) is 0 Å². The summed E-state index contributed by atoms with van der Waals surface area (Å²) in [6.45, 7) is 0.186. The molecule has 0 heterocycles. The predicted molar refractivity (Wildman–Crippen MR) is 71.5 cm³/mol. The van der Waals surface area contributed by atoms with Crippen LogP contribution in [0.25, 0.3) is 0 Å². The van der Waals surface area contributed by atoms with Crippen LogP contribution in [0.2, 0.25) is 0 Å². The molecule has 0 fully saturated rings. The van der Waals surface area contributed by atoms with Gasteiger partial charge >= 0.3 is 5.69 Å². The first-order valence-corrected chi connectivity index (χ1v) is 5.87. The SMILES string of the molecule is N#Cc1ccc(CNc2cc([N+](=O)[O-])c(F)cc2F)cc1. The molecule has 0 saturated heterocycles. The second-order valence-electron chi connectivity index (χ2n) is 4.20.